The lowest BCUT2D eigenvalue weighted by Gasteiger charge is -2.25. The second kappa shape index (κ2) is 8.86. The predicted molar refractivity (Wildman–Crippen MR) is 106 cm³/mol. The first-order valence-electron chi connectivity index (χ1n) is 8.93. The first-order chi connectivity index (χ1) is 13.1. The molecule has 27 heavy (non-hydrogen) atoms. The number of imidazole rings is 1. The van der Waals surface area contributed by atoms with E-state index in [4.69, 9.17) is 16.3 Å². The van der Waals surface area contributed by atoms with Gasteiger partial charge in [0.15, 0.2) is 5.65 Å². The number of carbonyl (C=O) groups excluding carboxylic acids is 1. The molecule has 0 saturated heterocycles. The van der Waals surface area contributed by atoms with Crippen LogP contribution < -0.4 is 0 Å². The van der Waals surface area contributed by atoms with Gasteiger partial charge < -0.3 is 14.2 Å². The van der Waals surface area contributed by atoms with Crippen LogP contribution in [-0.2, 0) is 17.2 Å². The molecule has 0 unspecified atom stereocenters. The molecule has 6 nitrogen and oxygen atoms in total. The topological polar surface area (TPSA) is 60.2 Å². The van der Waals surface area contributed by atoms with Crippen LogP contribution in [-0.4, -0.2) is 39.1 Å². The molecule has 1 amide bonds. The molecule has 1 atom stereocenters. The fourth-order valence-corrected chi connectivity index (χ4v) is 3.26. The van der Waals surface area contributed by atoms with Gasteiger partial charge in [0.25, 0.3) is 0 Å². The highest BCUT2D eigenvalue weighted by Gasteiger charge is 2.22. The Kier molecular flexibility index (Phi) is 6.29. The minimum Gasteiger partial charge on any atom is -0.445 e. The molecule has 0 aliphatic carbocycles. The summed E-state index contributed by atoms with van der Waals surface area (Å²) < 4.78 is 7.45. The van der Waals surface area contributed by atoms with Crippen molar-refractivity contribution in [2.45, 2.75) is 31.9 Å². The average molecular weight is 387 g/mol. The number of halogens is 1. The van der Waals surface area contributed by atoms with Crippen LogP contribution in [0, 0.1) is 0 Å². The van der Waals surface area contributed by atoms with E-state index in [1.807, 2.05) is 47.0 Å². The number of aromatic nitrogens is 3. The monoisotopic (exact) mass is 386 g/mol. The van der Waals surface area contributed by atoms with Gasteiger partial charge in [0.1, 0.15) is 17.9 Å². The average Bonchev–Trinajstić information content (AvgIpc) is 3.09. The Hall–Kier alpha value is -2.60. The van der Waals surface area contributed by atoms with E-state index in [1.54, 1.807) is 18.1 Å². The van der Waals surface area contributed by atoms with Crippen LogP contribution in [0.1, 0.15) is 30.8 Å². The Labute approximate surface area is 163 Å². The number of benzene rings is 1. The molecule has 0 aliphatic rings. The molecule has 0 bridgehead atoms. The smallest absolute Gasteiger partial charge is 0.409 e. The maximum Gasteiger partial charge on any atom is 0.409 e. The maximum atomic E-state index is 12.4. The zero-order valence-corrected chi connectivity index (χ0v) is 16.3. The van der Waals surface area contributed by atoms with E-state index in [0.717, 1.165) is 29.0 Å². The number of pyridine rings is 1. The number of hydrogen-bond donors (Lipinski definition) is 0. The third-order valence-electron chi connectivity index (χ3n) is 4.48. The van der Waals surface area contributed by atoms with E-state index < -0.39 is 0 Å². The summed E-state index contributed by atoms with van der Waals surface area (Å²) in [5, 5.41) is 0. The Morgan fingerprint density at radius 2 is 2.04 bits per heavy atom. The summed E-state index contributed by atoms with van der Waals surface area (Å²) >= 11 is 6.10. The summed E-state index contributed by atoms with van der Waals surface area (Å²) in [4.78, 5) is 23.0. The number of rotatable bonds is 7. The third-order valence-corrected chi connectivity index (χ3v) is 4.72. The summed E-state index contributed by atoms with van der Waals surface area (Å²) in [6.07, 6.45) is 2.19. The zero-order valence-electron chi connectivity index (χ0n) is 15.5. The molecule has 1 aromatic carbocycles. The molecule has 0 radical (unpaired) electrons. The van der Waals surface area contributed by atoms with Crippen LogP contribution >= 0.6 is 11.6 Å². The zero-order chi connectivity index (χ0) is 19.2. The molecule has 0 fully saturated rings. The van der Waals surface area contributed by atoms with Gasteiger partial charge in [0.2, 0.25) is 0 Å². The van der Waals surface area contributed by atoms with Crippen LogP contribution in [0.5, 0.6) is 0 Å². The normalized spacial score (nSPS) is 12.1. The van der Waals surface area contributed by atoms with E-state index in [9.17, 15) is 4.79 Å². The van der Waals surface area contributed by atoms with Crippen molar-refractivity contribution in [3.8, 4) is 0 Å². The summed E-state index contributed by atoms with van der Waals surface area (Å²) in [7, 11) is 1.74. The van der Waals surface area contributed by atoms with E-state index in [2.05, 4.69) is 16.9 Å². The van der Waals surface area contributed by atoms with Crippen LogP contribution in [0.25, 0.3) is 11.2 Å². The Morgan fingerprint density at radius 3 is 2.74 bits per heavy atom. The van der Waals surface area contributed by atoms with Gasteiger partial charge in [-0.1, -0.05) is 37.3 Å². The van der Waals surface area contributed by atoms with E-state index in [0.29, 0.717) is 6.54 Å². The number of fused-ring (bicyclic) bond motifs is 1. The van der Waals surface area contributed by atoms with Gasteiger partial charge in [0.05, 0.1) is 11.9 Å². The SMILES string of the molecule is CC[C@@H](CN(C)C(=O)OCc1ccccc1)n1c(CCl)nc2cccnc21. The highest BCUT2D eigenvalue weighted by Crippen LogP contribution is 2.23. The van der Waals surface area contributed by atoms with Crippen molar-refractivity contribution in [2.24, 2.45) is 0 Å². The van der Waals surface area contributed by atoms with E-state index in [-0.39, 0.29) is 24.6 Å². The molecule has 3 rings (SSSR count). The van der Waals surface area contributed by atoms with Crippen molar-refractivity contribution in [2.75, 3.05) is 13.6 Å². The van der Waals surface area contributed by atoms with Gasteiger partial charge in [-0.05, 0) is 24.1 Å². The highest BCUT2D eigenvalue weighted by molar-refractivity contribution is 6.16. The van der Waals surface area contributed by atoms with Crippen molar-refractivity contribution in [1.29, 1.82) is 0 Å². The summed E-state index contributed by atoms with van der Waals surface area (Å²) in [6.45, 7) is 2.81. The molecule has 2 heterocycles. The quantitative estimate of drug-likeness (QED) is 0.565. The minimum atomic E-state index is -0.359. The second-order valence-electron chi connectivity index (χ2n) is 6.36. The molecule has 0 spiro atoms. The first-order valence-corrected chi connectivity index (χ1v) is 9.47. The number of likely N-dealkylation sites (N-methyl/N-ethyl adjacent to an activating group) is 1. The highest BCUT2D eigenvalue weighted by atomic mass is 35.5. The first kappa shape index (κ1) is 19.2. The fourth-order valence-electron chi connectivity index (χ4n) is 3.07. The van der Waals surface area contributed by atoms with Crippen molar-refractivity contribution in [3.05, 3.63) is 60.0 Å². The van der Waals surface area contributed by atoms with Crippen molar-refractivity contribution >= 4 is 28.9 Å². The number of nitrogens with zero attached hydrogens (tertiary/aromatic N) is 4. The lowest BCUT2D eigenvalue weighted by molar-refractivity contribution is 0.0996. The van der Waals surface area contributed by atoms with E-state index in [1.165, 1.54) is 0 Å². The van der Waals surface area contributed by atoms with Gasteiger partial charge in [0, 0.05) is 19.8 Å². The molecule has 0 N–H and O–H groups in total. The van der Waals surface area contributed by atoms with Gasteiger partial charge in [-0.2, -0.15) is 0 Å². The van der Waals surface area contributed by atoms with Gasteiger partial charge in [-0.25, -0.2) is 14.8 Å². The molecule has 0 aliphatic heterocycles. The van der Waals surface area contributed by atoms with Gasteiger partial charge in [-0.15, -0.1) is 11.6 Å². The second-order valence-corrected chi connectivity index (χ2v) is 6.63. The third kappa shape index (κ3) is 4.39. The molecular formula is C20H23ClN4O2. The summed E-state index contributed by atoms with van der Waals surface area (Å²) in [6, 6.07) is 13.4. The number of amides is 1. The number of ether oxygens (including phenoxy) is 1. The molecule has 142 valence electrons. The van der Waals surface area contributed by atoms with Crippen LogP contribution in [0.3, 0.4) is 0 Å². The number of carbonyl (C=O) groups is 1. The predicted octanol–water partition coefficient (Wildman–Crippen LogP) is 4.39. The van der Waals surface area contributed by atoms with E-state index >= 15 is 0 Å². The van der Waals surface area contributed by atoms with Crippen LogP contribution in [0.4, 0.5) is 4.79 Å². The summed E-state index contributed by atoms with van der Waals surface area (Å²) in [5.41, 5.74) is 2.55. The molecule has 0 saturated carbocycles. The van der Waals surface area contributed by atoms with Gasteiger partial charge >= 0.3 is 6.09 Å². The summed E-state index contributed by atoms with van der Waals surface area (Å²) in [5.74, 6) is 1.04. The van der Waals surface area contributed by atoms with Crippen molar-refractivity contribution < 1.29 is 9.53 Å². The molecule has 2 aromatic heterocycles. The van der Waals surface area contributed by atoms with Crippen molar-refractivity contribution in [1.82, 2.24) is 19.4 Å². The largest absolute Gasteiger partial charge is 0.445 e. The minimum absolute atomic E-state index is 0.00734. The molecule has 3 aromatic rings. The molecule has 7 heteroatoms. The maximum absolute atomic E-state index is 12.4. The Balaban J connectivity index is 1.72. The van der Waals surface area contributed by atoms with Crippen LogP contribution in [0.2, 0.25) is 0 Å². The van der Waals surface area contributed by atoms with Crippen LogP contribution in [0.15, 0.2) is 48.7 Å². The standard InChI is InChI=1S/C20H23ClN4O2/c1-3-16(25-18(12-21)23-17-10-7-11-22-19(17)25)13-24(2)20(26)27-14-15-8-5-4-6-9-15/h4-11,16H,3,12-14H2,1-2H3/t16-/m0/s1. The van der Waals surface area contributed by atoms with Crippen molar-refractivity contribution in [3.63, 3.8) is 0 Å². The lowest BCUT2D eigenvalue weighted by Crippen LogP contribution is -2.33. The van der Waals surface area contributed by atoms with Gasteiger partial charge in [-0.3, -0.25) is 0 Å². The Bertz CT molecular complexity index is 897. The molecular weight excluding hydrogens is 364 g/mol. The number of hydrogen-bond acceptors (Lipinski definition) is 4. The fraction of sp³-hybridized carbons (Fsp3) is 0.350. The number of alkyl halides is 1. The lowest BCUT2D eigenvalue weighted by atomic mass is 10.2. The Morgan fingerprint density at radius 1 is 1.26 bits per heavy atom.